The molecule has 1 aliphatic rings. The summed E-state index contributed by atoms with van der Waals surface area (Å²) in [6.07, 6.45) is 0.450. The number of hydrogen-bond acceptors (Lipinski definition) is 5. The van der Waals surface area contributed by atoms with Crippen LogP contribution in [0.25, 0.3) is 0 Å². The lowest BCUT2D eigenvalue weighted by molar-refractivity contribution is 0.171. The summed E-state index contributed by atoms with van der Waals surface area (Å²) in [7, 11) is -3.63. The molecule has 0 atom stereocenters. The quantitative estimate of drug-likeness (QED) is 0.863. The molecule has 2 aromatic rings. The molecule has 0 amide bonds. The van der Waals surface area contributed by atoms with E-state index >= 15 is 0 Å². The van der Waals surface area contributed by atoms with Crippen LogP contribution in [-0.4, -0.2) is 28.2 Å². The van der Waals surface area contributed by atoms with E-state index in [0.717, 1.165) is 5.56 Å². The molecule has 6 nitrogen and oxygen atoms in total. The van der Waals surface area contributed by atoms with Crippen molar-refractivity contribution in [1.82, 2.24) is 4.72 Å². The SMILES string of the molecule is N#Cc1ccc(S(=O)(=O)NCCc2cc(Cl)c3c(c2)OCCO3)cc1. The maximum absolute atomic E-state index is 12.3. The zero-order chi connectivity index (χ0) is 17.9. The number of fused-ring (bicyclic) bond motifs is 1. The van der Waals surface area contributed by atoms with Gasteiger partial charge >= 0.3 is 0 Å². The third-order valence-electron chi connectivity index (χ3n) is 3.66. The first-order valence-electron chi connectivity index (χ1n) is 7.57. The van der Waals surface area contributed by atoms with Gasteiger partial charge in [0.1, 0.15) is 13.2 Å². The molecular formula is C17H15ClN2O4S. The van der Waals surface area contributed by atoms with E-state index in [2.05, 4.69) is 4.72 Å². The van der Waals surface area contributed by atoms with Gasteiger partial charge in [0, 0.05) is 6.54 Å². The Labute approximate surface area is 151 Å². The second-order valence-electron chi connectivity index (χ2n) is 5.39. The molecule has 8 heteroatoms. The van der Waals surface area contributed by atoms with Crippen LogP contribution in [0.3, 0.4) is 0 Å². The minimum absolute atomic E-state index is 0.117. The number of ether oxygens (including phenoxy) is 2. The second-order valence-corrected chi connectivity index (χ2v) is 7.56. The molecule has 0 unspecified atom stereocenters. The van der Waals surface area contributed by atoms with Gasteiger partial charge in [0.2, 0.25) is 10.0 Å². The lowest BCUT2D eigenvalue weighted by Gasteiger charge is -2.20. The van der Waals surface area contributed by atoms with Gasteiger partial charge in [0.25, 0.3) is 0 Å². The molecule has 0 radical (unpaired) electrons. The Morgan fingerprint density at radius 2 is 1.88 bits per heavy atom. The van der Waals surface area contributed by atoms with Gasteiger partial charge in [-0.25, -0.2) is 13.1 Å². The molecule has 0 saturated carbocycles. The zero-order valence-corrected chi connectivity index (χ0v) is 14.7. The molecule has 3 rings (SSSR count). The third-order valence-corrected chi connectivity index (χ3v) is 5.41. The van der Waals surface area contributed by atoms with Crippen molar-refractivity contribution in [2.24, 2.45) is 0 Å². The first kappa shape index (κ1) is 17.5. The molecule has 1 aliphatic heterocycles. The van der Waals surface area contributed by atoms with Crippen molar-refractivity contribution in [3.05, 3.63) is 52.5 Å². The van der Waals surface area contributed by atoms with Gasteiger partial charge in [-0.3, -0.25) is 0 Å². The molecule has 0 bridgehead atoms. The highest BCUT2D eigenvalue weighted by Crippen LogP contribution is 2.38. The van der Waals surface area contributed by atoms with Crippen molar-refractivity contribution in [2.45, 2.75) is 11.3 Å². The van der Waals surface area contributed by atoms with E-state index in [-0.39, 0.29) is 11.4 Å². The zero-order valence-electron chi connectivity index (χ0n) is 13.2. The van der Waals surface area contributed by atoms with Crippen LogP contribution in [0.1, 0.15) is 11.1 Å². The number of rotatable bonds is 5. The van der Waals surface area contributed by atoms with Crippen molar-refractivity contribution < 1.29 is 17.9 Å². The second kappa shape index (κ2) is 7.31. The molecule has 0 aromatic heterocycles. The fourth-order valence-corrected chi connectivity index (χ4v) is 3.75. The Morgan fingerprint density at radius 3 is 2.60 bits per heavy atom. The molecule has 130 valence electrons. The van der Waals surface area contributed by atoms with E-state index in [4.69, 9.17) is 26.3 Å². The number of nitrogens with zero attached hydrogens (tertiary/aromatic N) is 1. The third kappa shape index (κ3) is 4.04. The van der Waals surface area contributed by atoms with Crippen LogP contribution in [-0.2, 0) is 16.4 Å². The minimum Gasteiger partial charge on any atom is -0.486 e. The molecule has 0 aliphatic carbocycles. The van der Waals surface area contributed by atoms with Crippen molar-refractivity contribution in [2.75, 3.05) is 19.8 Å². The number of halogens is 1. The van der Waals surface area contributed by atoms with Crippen molar-refractivity contribution >= 4 is 21.6 Å². The molecule has 25 heavy (non-hydrogen) atoms. The maximum atomic E-state index is 12.3. The highest BCUT2D eigenvalue weighted by Gasteiger charge is 2.17. The summed E-state index contributed by atoms with van der Waals surface area (Å²) >= 11 is 6.17. The monoisotopic (exact) mass is 378 g/mol. The summed E-state index contributed by atoms with van der Waals surface area (Å²) in [5, 5.41) is 9.21. The lowest BCUT2D eigenvalue weighted by atomic mass is 10.1. The predicted molar refractivity (Wildman–Crippen MR) is 92.5 cm³/mol. The lowest BCUT2D eigenvalue weighted by Crippen LogP contribution is -2.26. The predicted octanol–water partition coefficient (Wildman–Crippen LogP) is 2.50. The molecule has 1 N–H and O–H groups in total. The highest BCUT2D eigenvalue weighted by atomic mass is 35.5. The van der Waals surface area contributed by atoms with Crippen LogP contribution in [0.2, 0.25) is 5.02 Å². The maximum Gasteiger partial charge on any atom is 0.240 e. The molecule has 2 aromatic carbocycles. The van der Waals surface area contributed by atoms with Gasteiger partial charge in [0.15, 0.2) is 11.5 Å². The van der Waals surface area contributed by atoms with Gasteiger partial charge in [-0.05, 0) is 48.4 Å². The summed E-state index contributed by atoms with van der Waals surface area (Å²) in [5.41, 5.74) is 1.25. The molecule has 0 fully saturated rings. The molecule has 0 saturated heterocycles. The van der Waals surface area contributed by atoms with Gasteiger partial charge in [0.05, 0.1) is 21.6 Å². The summed E-state index contributed by atoms with van der Waals surface area (Å²) in [6, 6.07) is 11.2. The van der Waals surface area contributed by atoms with Crippen molar-refractivity contribution in [1.29, 1.82) is 5.26 Å². The first-order chi connectivity index (χ1) is 12.0. The van der Waals surface area contributed by atoms with E-state index < -0.39 is 10.0 Å². The van der Waals surface area contributed by atoms with E-state index in [1.54, 1.807) is 12.1 Å². The number of nitriles is 1. The average molecular weight is 379 g/mol. The summed E-state index contributed by atoms with van der Waals surface area (Å²) in [4.78, 5) is 0.117. The largest absolute Gasteiger partial charge is 0.486 e. The minimum atomic E-state index is -3.63. The van der Waals surface area contributed by atoms with E-state index in [1.807, 2.05) is 6.07 Å². The van der Waals surface area contributed by atoms with Crippen LogP contribution in [0.5, 0.6) is 11.5 Å². The Balaban J connectivity index is 1.66. The Kier molecular flexibility index (Phi) is 5.13. The van der Waals surface area contributed by atoms with Gasteiger partial charge in [-0.2, -0.15) is 5.26 Å². The Morgan fingerprint density at radius 1 is 1.16 bits per heavy atom. The van der Waals surface area contributed by atoms with Gasteiger partial charge in [-0.1, -0.05) is 11.6 Å². The standard InChI is InChI=1S/C17H15ClN2O4S/c18-15-9-13(10-16-17(15)24-8-7-23-16)5-6-20-25(21,22)14-3-1-12(11-19)2-4-14/h1-4,9-10,20H,5-8H2. The van der Waals surface area contributed by atoms with E-state index in [0.29, 0.717) is 41.7 Å². The van der Waals surface area contributed by atoms with Gasteiger partial charge < -0.3 is 9.47 Å². The Hall–Kier alpha value is -2.27. The fourth-order valence-electron chi connectivity index (χ4n) is 2.43. The molecular weight excluding hydrogens is 364 g/mol. The van der Waals surface area contributed by atoms with Crippen molar-refractivity contribution in [3.8, 4) is 17.6 Å². The summed E-state index contributed by atoms with van der Waals surface area (Å²) in [6.45, 7) is 1.12. The average Bonchev–Trinajstić information content (AvgIpc) is 2.62. The number of sulfonamides is 1. The van der Waals surface area contributed by atoms with Crippen LogP contribution >= 0.6 is 11.6 Å². The fraction of sp³-hybridized carbons (Fsp3) is 0.235. The Bertz CT molecular complexity index is 921. The van der Waals surface area contributed by atoms with Crippen LogP contribution in [0.15, 0.2) is 41.3 Å². The first-order valence-corrected chi connectivity index (χ1v) is 9.43. The van der Waals surface area contributed by atoms with E-state index in [1.165, 1.54) is 24.3 Å². The normalized spacial score (nSPS) is 13.3. The number of nitrogens with one attached hydrogen (secondary N) is 1. The summed E-state index contributed by atoms with van der Waals surface area (Å²) < 4.78 is 38.0. The van der Waals surface area contributed by atoms with Crippen LogP contribution < -0.4 is 14.2 Å². The van der Waals surface area contributed by atoms with Crippen LogP contribution in [0.4, 0.5) is 0 Å². The number of hydrogen-bond donors (Lipinski definition) is 1. The summed E-state index contributed by atoms with van der Waals surface area (Å²) in [5.74, 6) is 1.10. The number of benzene rings is 2. The molecule has 0 spiro atoms. The molecule has 1 heterocycles. The van der Waals surface area contributed by atoms with Crippen LogP contribution in [0, 0.1) is 11.3 Å². The smallest absolute Gasteiger partial charge is 0.240 e. The topological polar surface area (TPSA) is 88.4 Å². The van der Waals surface area contributed by atoms with E-state index in [9.17, 15) is 8.42 Å². The van der Waals surface area contributed by atoms with Crippen molar-refractivity contribution in [3.63, 3.8) is 0 Å². The van der Waals surface area contributed by atoms with Gasteiger partial charge in [-0.15, -0.1) is 0 Å². The highest BCUT2D eigenvalue weighted by molar-refractivity contribution is 7.89.